The molecule has 0 fully saturated rings. The first-order valence-electron chi connectivity index (χ1n) is 4.84. The number of carbonyl (C=O) groups is 1. The summed E-state index contributed by atoms with van der Waals surface area (Å²) >= 11 is 0. The third-order valence-electron chi connectivity index (χ3n) is 2.10. The van der Waals surface area contributed by atoms with Crippen molar-refractivity contribution in [3.05, 3.63) is 42.2 Å². The van der Waals surface area contributed by atoms with E-state index in [1.807, 2.05) is 0 Å². The summed E-state index contributed by atoms with van der Waals surface area (Å²) in [5.41, 5.74) is -0.0471. The molecule has 0 bridgehead atoms. The predicted molar refractivity (Wildman–Crippen MR) is 62.8 cm³/mol. The van der Waals surface area contributed by atoms with Gasteiger partial charge >= 0.3 is 5.97 Å². The van der Waals surface area contributed by atoms with Gasteiger partial charge in [0.15, 0.2) is 5.03 Å². The van der Waals surface area contributed by atoms with Crippen molar-refractivity contribution in [2.24, 2.45) is 0 Å². The average Bonchev–Trinajstić information content (AvgIpc) is 2.82. The van der Waals surface area contributed by atoms with E-state index >= 15 is 0 Å². The van der Waals surface area contributed by atoms with E-state index in [9.17, 15) is 13.2 Å². The number of H-pyrrole nitrogens is 1. The van der Waals surface area contributed by atoms with E-state index in [0.29, 0.717) is 0 Å². The molecular weight excluding hydrogens is 258 g/mol. The molecule has 3 N–H and O–H groups in total. The minimum atomic E-state index is -3.77. The number of nitrogens with one attached hydrogen (secondary N) is 2. The zero-order valence-corrected chi connectivity index (χ0v) is 9.81. The smallest absolute Gasteiger partial charge is 0.335 e. The molecule has 2 heterocycles. The van der Waals surface area contributed by atoms with Gasteiger partial charge in [0.05, 0.1) is 5.56 Å². The van der Waals surface area contributed by atoms with E-state index in [1.54, 1.807) is 0 Å². The molecule has 0 aliphatic rings. The topological polar surface area (TPSA) is 112 Å². The highest BCUT2D eigenvalue weighted by atomic mass is 32.2. The lowest BCUT2D eigenvalue weighted by Gasteiger charge is -2.05. The minimum absolute atomic E-state index is 0.0231. The molecule has 0 atom stereocenters. The van der Waals surface area contributed by atoms with Gasteiger partial charge in [0.1, 0.15) is 5.82 Å². The van der Waals surface area contributed by atoms with Gasteiger partial charge in [0.25, 0.3) is 10.0 Å². The molecule has 0 aliphatic heterocycles. The number of aromatic nitrogens is 2. The average molecular weight is 267 g/mol. The summed E-state index contributed by atoms with van der Waals surface area (Å²) in [7, 11) is -3.77. The standard InChI is InChI=1S/C10H9N3O4S/c14-10(15)7-3-5-11-8(6-7)13-18(16,17)9-2-1-4-12-9/h1-6,12H,(H,11,13)(H,14,15). The molecule has 0 aromatic carbocycles. The number of nitrogens with zero attached hydrogens (tertiary/aromatic N) is 1. The van der Waals surface area contributed by atoms with Crippen molar-refractivity contribution < 1.29 is 18.3 Å². The number of hydrogen-bond donors (Lipinski definition) is 3. The van der Waals surface area contributed by atoms with Crippen LogP contribution < -0.4 is 4.72 Å². The lowest BCUT2D eigenvalue weighted by Crippen LogP contribution is -2.14. The monoisotopic (exact) mass is 267 g/mol. The summed E-state index contributed by atoms with van der Waals surface area (Å²) in [4.78, 5) is 17.0. The van der Waals surface area contributed by atoms with E-state index in [0.717, 1.165) is 6.07 Å². The van der Waals surface area contributed by atoms with Crippen molar-refractivity contribution >= 4 is 21.8 Å². The Morgan fingerprint density at radius 1 is 1.39 bits per heavy atom. The van der Waals surface area contributed by atoms with Gasteiger partial charge in [-0.15, -0.1) is 0 Å². The molecule has 0 radical (unpaired) electrons. The molecule has 0 amide bonds. The lowest BCUT2D eigenvalue weighted by molar-refractivity contribution is 0.0697. The van der Waals surface area contributed by atoms with Crippen LogP contribution in [-0.2, 0) is 10.0 Å². The summed E-state index contributed by atoms with van der Waals surface area (Å²) in [6, 6.07) is 5.33. The second-order valence-electron chi connectivity index (χ2n) is 3.37. The molecular formula is C10H9N3O4S. The molecule has 2 rings (SSSR count). The van der Waals surface area contributed by atoms with Gasteiger partial charge in [-0.2, -0.15) is 8.42 Å². The first-order chi connectivity index (χ1) is 8.49. The Balaban J connectivity index is 2.30. The largest absolute Gasteiger partial charge is 0.478 e. The highest BCUT2D eigenvalue weighted by molar-refractivity contribution is 7.92. The highest BCUT2D eigenvalue weighted by Gasteiger charge is 2.16. The molecule has 94 valence electrons. The Bertz CT molecular complexity index is 664. The Morgan fingerprint density at radius 2 is 2.17 bits per heavy atom. The van der Waals surface area contributed by atoms with E-state index in [4.69, 9.17) is 5.11 Å². The molecule has 18 heavy (non-hydrogen) atoms. The second kappa shape index (κ2) is 4.49. The van der Waals surface area contributed by atoms with Crippen LogP contribution in [0.5, 0.6) is 0 Å². The van der Waals surface area contributed by atoms with Crippen LogP contribution >= 0.6 is 0 Å². The Morgan fingerprint density at radius 3 is 2.78 bits per heavy atom. The number of sulfonamides is 1. The van der Waals surface area contributed by atoms with Crippen molar-refractivity contribution in [3.63, 3.8) is 0 Å². The van der Waals surface area contributed by atoms with Crippen LogP contribution in [0, 0.1) is 0 Å². The normalized spacial score (nSPS) is 11.1. The van der Waals surface area contributed by atoms with E-state index in [2.05, 4.69) is 14.7 Å². The van der Waals surface area contributed by atoms with Crippen LogP contribution in [0.3, 0.4) is 0 Å². The number of carboxylic acid groups (broad SMARTS) is 1. The quantitative estimate of drug-likeness (QED) is 0.762. The third kappa shape index (κ3) is 2.48. The summed E-state index contributed by atoms with van der Waals surface area (Å²) in [6.07, 6.45) is 2.69. The van der Waals surface area contributed by atoms with Gasteiger partial charge in [0.2, 0.25) is 0 Å². The Labute approximate surface area is 103 Å². The molecule has 0 saturated heterocycles. The van der Waals surface area contributed by atoms with Crippen molar-refractivity contribution in [1.82, 2.24) is 9.97 Å². The third-order valence-corrected chi connectivity index (χ3v) is 3.42. The fourth-order valence-corrected chi connectivity index (χ4v) is 2.27. The number of anilines is 1. The fourth-order valence-electron chi connectivity index (χ4n) is 1.29. The number of hydrogen-bond acceptors (Lipinski definition) is 4. The number of aromatic amines is 1. The number of pyridine rings is 1. The summed E-state index contributed by atoms with van der Waals surface area (Å²) in [5.74, 6) is -1.21. The van der Waals surface area contributed by atoms with Crippen LogP contribution in [0.2, 0.25) is 0 Å². The molecule has 7 nitrogen and oxygen atoms in total. The van der Waals surface area contributed by atoms with Crippen LogP contribution in [-0.4, -0.2) is 29.5 Å². The fraction of sp³-hybridized carbons (Fsp3) is 0. The molecule has 0 aliphatic carbocycles. The number of aromatic carboxylic acids is 1. The van der Waals surface area contributed by atoms with Gasteiger partial charge < -0.3 is 10.1 Å². The molecule has 2 aromatic rings. The Kier molecular flexibility index (Phi) is 3.02. The Hall–Kier alpha value is -2.35. The van der Waals surface area contributed by atoms with Gasteiger partial charge in [-0.25, -0.2) is 9.78 Å². The van der Waals surface area contributed by atoms with Crippen LogP contribution in [0.4, 0.5) is 5.82 Å². The second-order valence-corrected chi connectivity index (χ2v) is 5.03. The molecule has 0 unspecified atom stereocenters. The van der Waals surface area contributed by atoms with Gasteiger partial charge in [-0.05, 0) is 24.3 Å². The number of carboxylic acids is 1. The minimum Gasteiger partial charge on any atom is -0.478 e. The van der Waals surface area contributed by atoms with E-state index in [-0.39, 0.29) is 16.4 Å². The first kappa shape index (κ1) is 12.1. The zero-order chi connectivity index (χ0) is 13.2. The van der Waals surface area contributed by atoms with Crippen LogP contribution in [0.1, 0.15) is 10.4 Å². The van der Waals surface area contributed by atoms with Crippen molar-refractivity contribution in [2.75, 3.05) is 4.72 Å². The zero-order valence-electron chi connectivity index (χ0n) is 8.99. The van der Waals surface area contributed by atoms with Crippen molar-refractivity contribution in [1.29, 1.82) is 0 Å². The van der Waals surface area contributed by atoms with Crippen LogP contribution in [0.15, 0.2) is 41.7 Å². The molecule has 2 aromatic heterocycles. The summed E-state index contributed by atoms with van der Waals surface area (Å²) in [6.45, 7) is 0. The maximum atomic E-state index is 11.8. The predicted octanol–water partition coefficient (Wildman–Crippen LogP) is 0.909. The summed E-state index contributed by atoms with van der Waals surface area (Å²) < 4.78 is 25.8. The lowest BCUT2D eigenvalue weighted by atomic mass is 10.3. The molecule has 0 spiro atoms. The van der Waals surface area contributed by atoms with Crippen molar-refractivity contribution in [3.8, 4) is 0 Å². The van der Waals surface area contributed by atoms with Crippen molar-refractivity contribution in [2.45, 2.75) is 5.03 Å². The molecule has 0 saturated carbocycles. The SMILES string of the molecule is O=C(O)c1ccnc(NS(=O)(=O)c2ccc[nH]2)c1. The van der Waals surface area contributed by atoms with Gasteiger partial charge in [0, 0.05) is 12.4 Å². The maximum absolute atomic E-state index is 11.8. The van der Waals surface area contributed by atoms with E-state index in [1.165, 1.54) is 30.6 Å². The highest BCUT2D eigenvalue weighted by Crippen LogP contribution is 2.13. The van der Waals surface area contributed by atoms with E-state index < -0.39 is 16.0 Å². The summed E-state index contributed by atoms with van der Waals surface area (Å²) in [5, 5.41) is 8.76. The van der Waals surface area contributed by atoms with Gasteiger partial charge in [-0.3, -0.25) is 4.72 Å². The maximum Gasteiger partial charge on any atom is 0.335 e. The first-order valence-corrected chi connectivity index (χ1v) is 6.33. The van der Waals surface area contributed by atoms with Gasteiger partial charge in [-0.1, -0.05) is 0 Å². The van der Waals surface area contributed by atoms with Crippen LogP contribution in [0.25, 0.3) is 0 Å². The molecule has 8 heteroatoms. The number of rotatable bonds is 4.